The molecule has 2 rings (SSSR count). The number of hydrogen-bond acceptors (Lipinski definition) is 3. The van der Waals surface area contributed by atoms with E-state index in [0.717, 1.165) is 25.8 Å². The zero-order valence-corrected chi connectivity index (χ0v) is 12.3. The van der Waals surface area contributed by atoms with Crippen molar-refractivity contribution >= 4 is 27.5 Å². The largest absolute Gasteiger partial charge is 0.409 e. The Kier molecular flexibility index (Phi) is 4.29. The molecule has 1 aliphatic carbocycles. The second kappa shape index (κ2) is 5.77. The Bertz CT molecular complexity index is 503. The lowest BCUT2D eigenvalue weighted by Gasteiger charge is -2.25. The van der Waals surface area contributed by atoms with E-state index in [9.17, 15) is 4.39 Å². The van der Waals surface area contributed by atoms with Gasteiger partial charge in [0.15, 0.2) is 11.7 Å². The predicted octanol–water partition coefficient (Wildman–Crippen LogP) is 3.06. The molecule has 1 aromatic carbocycles. The van der Waals surface area contributed by atoms with E-state index in [2.05, 4.69) is 32.9 Å². The molecule has 0 unspecified atom stereocenters. The maximum Gasteiger partial charge on any atom is 0.171 e. The van der Waals surface area contributed by atoms with Gasteiger partial charge in [0.1, 0.15) is 0 Å². The molecule has 4 nitrogen and oxygen atoms in total. The Morgan fingerprint density at radius 3 is 2.79 bits per heavy atom. The van der Waals surface area contributed by atoms with Crippen molar-refractivity contribution in [3.63, 3.8) is 0 Å². The molecule has 3 N–H and O–H groups in total. The van der Waals surface area contributed by atoms with Crippen molar-refractivity contribution in [2.24, 2.45) is 10.9 Å². The summed E-state index contributed by atoms with van der Waals surface area (Å²) in [6, 6.07) is 3.81. The van der Waals surface area contributed by atoms with E-state index in [-0.39, 0.29) is 16.1 Å². The van der Waals surface area contributed by atoms with Crippen LogP contribution in [0.4, 0.5) is 10.1 Å². The molecule has 19 heavy (non-hydrogen) atoms. The summed E-state index contributed by atoms with van der Waals surface area (Å²) in [5, 5.41) is 11.6. The molecule has 6 heteroatoms. The highest BCUT2D eigenvalue weighted by atomic mass is 79.9. The standard InChI is InChI=1S/C13H17BrFN3O/c1-2-7-18(8-3-4-8)10-6-5-9(13(16)17-19)11(14)12(10)15/h5-6,8,19H,2-4,7H2,1H3,(H2,16,17). The van der Waals surface area contributed by atoms with Crippen LogP contribution in [0.3, 0.4) is 0 Å². The molecule has 0 bridgehead atoms. The third-order valence-electron chi connectivity index (χ3n) is 3.21. The number of hydrogen-bond donors (Lipinski definition) is 2. The minimum atomic E-state index is -0.357. The van der Waals surface area contributed by atoms with Crippen LogP contribution < -0.4 is 10.6 Å². The Hall–Kier alpha value is -1.30. The van der Waals surface area contributed by atoms with E-state index in [1.165, 1.54) is 0 Å². The quantitative estimate of drug-likeness (QED) is 0.377. The van der Waals surface area contributed by atoms with Crippen LogP contribution in [0.2, 0.25) is 0 Å². The van der Waals surface area contributed by atoms with Gasteiger partial charge in [0.25, 0.3) is 0 Å². The highest BCUT2D eigenvalue weighted by molar-refractivity contribution is 9.10. The first kappa shape index (κ1) is 14.1. The molecular weight excluding hydrogens is 313 g/mol. The Morgan fingerprint density at radius 1 is 1.58 bits per heavy atom. The topological polar surface area (TPSA) is 61.8 Å². The van der Waals surface area contributed by atoms with Gasteiger partial charge in [0.2, 0.25) is 0 Å². The van der Waals surface area contributed by atoms with E-state index in [1.54, 1.807) is 12.1 Å². The lowest BCUT2D eigenvalue weighted by molar-refractivity contribution is 0.318. The number of nitrogens with two attached hydrogens (primary N) is 1. The summed E-state index contributed by atoms with van der Waals surface area (Å²) in [5.74, 6) is -0.463. The molecule has 104 valence electrons. The molecule has 0 spiro atoms. The molecule has 1 aromatic rings. The fourth-order valence-electron chi connectivity index (χ4n) is 2.14. The van der Waals surface area contributed by atoms with Gasteiger partial charge in [-0.3, -0.25) is 0 Å². The van der Waals surface area contributed by atoms with Crippen LogP contribution in [0.5, 0.6) is 0 Å². The van der Waals surface area contributed by atoms with Crippen molar-refractivity contribution in [1.82, 2.24) is 0 Å². The number of amidine groups is 1. The maximum atomic E-state index is 14.4. The highest BCUT2D eigenvalue weighted by Gasteiger charge is 2.31. The minimum Gasteiger partial charge on any atom is -0.409 e. The maximum absolute atomic E-state index is 14.4. The summed E-state index contributed by atoms with van der Waals surface area (Å²) in [4.78, 5) is 2.09. The first-order valence-electron chi connectivity index (χ1n) is 6.32. The summed E-state index contributed by atoms with van der Waals surface area (Å²) < 4.78 is 14.7. The Morgan fingerprint density at radius 2 is 2.26 bits per heavy atom. The minimum absolute atomic E-state index is 0.106. The molecule has 0 aliphatic heterocycles. The van der Waals surface area contributed by atoms with Gasteiger partial charge in [-0.2, -0.15) is 0 Å². The van der Waals surface area contributed by atoms with Crippen molar-refractivity contribution in [2.45, 2.75) is 32.2 Å². The van der Waals surface area contributed by atoms with E-state index in [0.29, 0.717) is 17.3 Å². The van der Waals surface area contributed by atoms with Crippen LogP contribution in [0, 0.1) is 5.82 Å². The molecule has 1 saturated carbocycles. The van der Waals surface area contributed by atoms with Crippen LogP contribution in [-0.2, 0) is 0 Å². The van der Waals surface area contributed by atoms with Crippen molar-refractivity contribution in [3.8, 4) is 0 Å². The normalized spacial score (nSPS) is 15.6. The zero-order chi connectivity index (χ0) is 14.0. The number of nitrogens with zero attached hydrogens (tertiary/aromatic N) is 2. The van der Waals surface area contributed by atoms with Crippen molar-refractivity contribution in [3.05, 3.63) is 28.0 Å². The van der Waals surface area contributed by atoms with Crippen LogP contribution in [-0.4, -0.2) is 23.6 Å². The van der Waals surface area contributed by atoms with Gasteiger partial charge in [-0.1, -0.05) is 12.1 Å². The van der Waals surface area contributed by atoms with Crippen LogP contribution in [0.25, 0.3) is 0 Å². The number of oxime groups is 1. The SMILES string of the molecule is CCCN(c1ccc(/C(N)=N/O)c(Br)c1F)C1CC1. The zero-order valence-electron chi connectivity index (χ0n) is 10.7. The molecular formula is C13H17BrFN3O. The summed E-state index contributed by atoms with van der Waals surface area (Å²) in [7, 11) is 0. The molecule has 1 aliphatic rings. The Balaban J connectivity index is 2.39. The average molecular weight is 330 g/mol. The third-order valence-corrected chi connectivity index (χ3v) is 3.98. The molecule has 0 heterocycles. The van der Waals surface area contributed by atoms with Crippen molar-refractivity contribution in [1.29, 1.82) is 0 Å². The fraction of sp³-hybridized carbons (Fsp3) is 0.462. The molecule has 0 aromatic heterocycles. The average Bonchev–Trinajstić information content (AvgIpc) is 3.23. The van der Waals surface area contributed by atoms with Gasteiger partial charge in [-0.15, -0.1) is 0 Å². The molecule has 0 atom stereocenters. The van der Waals surface area contributed by atoms with E-state index < -0.39 is 0 Å². The molecule has 0 radical (unpaired) electrons. The lowest BCUT2D eigenvalue weighted by Crippen LogP contribution is -2.28. The summed E-state index contributed by atoms with van der Waals surface area (Å²) in [6.07, 6.45) is 3.19. The van der Waals surface area contributed by atoms with Gasteiger partial charge in [0.05, 0.1) is 10.2 Å². The Labute approximate surface area is 120 Å². The summed E-state index contributed by atoms with van der Waals surface area (Å²) in [6.45, 7) is 2.91. The van der Waals surface area contributed by atoms with E-state index in [1.807, 2.05) is 0 Å². The van der Waals surface area contributed by atoms with E-state index in [4.69, 9.17) is 10.9 Å². The van der Waals surface area contributed by atoms with Crippen molar-refractivity contribution < 1.29 is 9.60 Å². The summed E-state index contributed by atoms with van der Waals surface area (Å²) >= 11 is 3.19. The van der Waals surface area contributed by atoms with Gasteiger partial charge in [0, 0.05) is 18.2 Å². The van der Waals surface area contributed by atoms with Gasteiger partial charge in [-0.25, -0.2) is 4.39 Å². The number of halogens is 2. The number of rotatable bonds is 5. The smallest absolute Gasteiger partial charge is 0.171 e. The highest BCUT2D eigenvalue weighted by Crippen LogP contribution is 2.36. The second-order valence-electron chi connectivity index (χ2n) is 4.67. The first-order chi connectivity index (χ1) is 9.10. The van der Waals surface area contributed by atoms with Gasteiger partial charge in [-0.05, 0) is 47.3 Å². The van der Waals surface area contributed by atoms with Crippen LogP contribution in [0.1, 0.15) is 31.7 Å². The fourth-order valence-corrected chi connectivity index (χ4v) is 2.68. The van der Waals surface area contributed by atoms with E-state index >= 15 is 0 Å². The van der Waals surface area contributed by atoms with Gasteiger partial charge >= 0.3 is 0 Å². The predicted molar refractivity (Wildman–Crippen MR) is 77.3 cm³/mol. The number of anilines is 1. The molecule has 1 fully saturated rings. The second-order valence-corrected chi connectivity index (χ2v) is 5.46. The van der Waals surface area contributed by atoms with Gasteiger partial charge < -0.3 is 15.8 Å². The first-order valence-corrected chi connectivity index (χ1v) is 7.12. The van der Waals surface area contributed by atoms with Crippen molar-refractivity contribution in [2.75, 3.05) is 11.4 Å². The van der Waals surface area contributed by atoms with Crippen LogP contribution in [0.15, 0.2) is 21.8 Å². The van der Waals surface area contributed by atoms with Crippen LogP contribution >= 0.6 is 15.9 Å². The lowest BCUT2D eigenvalue weighted by atomic mass is 10.1. The molecule has 0 saturated heterocycles. The number of benzene rings is 1. The summed E-state index contributed by atoms with van der Waals surface area (Å²) in [5.41, 5.74) is 6.44. The third kappa shape index (κ3) is 2.83. The molecule has 0 amide bonds. The monoisotopic (exact) mass is 329 g/mol.